The largest absolute Gasteiger partial charge is 0.370 e. The van der Waals surface area contributed by atoms with Crippen LogP contribution < -0.4 is 10.2 Å². The maximum absolute atomic E-state index is 12.2. The monoisotopic (exact) mass is 322 g/mol. The Morgan fingerprint density at radius 1 is 1.23 bits per heavy atom. The number of nitrogens with zero attached hydrogens (tertiary/aromatic N) is 1. The fourth-order valence-corrected chi connectivity index (χ4v) is 5.17. The maximum atomic E-state index is 12.2. The van der Waals surface area contributed by atoms with Crippen LogP contribution in [0.5, 0.6) is 0 Å². The molecule has 0 spiro atoms. The molecule has 2 heterocycles. The van der Waals surface area contributed by atoms with Gasteiger partial charge in [-0.3, -0.25) is 4.79 Å². The third-order valence-corrected chi connectivity index (χ3v) is 6.26. The number of carbonyl (C=O) groups excluding carboxylic acids is 1. The van der Waals surface area contributed by atoms with Gasteiger partial charge in [-0.05, 0) is 37.3 Å². The van der Waals surface area contributed by atoms with Crippen LogP contribution >= 0.6 is 0 Å². The molecule has 2 aliphatic rings. The van der Waals surface area contributed by atoms with Crippen LogP contribution in [0.1, 0.15) is 25.7 Å². The summed E-state index contributed by atoms with van der Waals surface area (Å²) in [4.78, 5) is 14.5. The number of amides is 1. The van der Waals surface area contributed by atoms with Crippen molar-refractivity contribution in [2.45, 2.75) is 25.7 Å². The minimum atomic E-state index is -2.92. The van der Waals surface area contributed by atoms with Gasteiger partial charge in [-0.15, -0.1) is 0 Å². The lowest BCUT2D eigenvalue weighted by Gasteiger charge is -2.21. The fourth-order valence-electron chi connectivity index (χ4n) is 3.31. The normalized spacial score (nSPS) is 23.6. The molecule has 2 saturated heterocycles. The highest BCUT2D eigenvalue weighted by Crippen LogP contribution is 2.29. The Labute approximate surface area is 131 Å². The van der Waals surface area contributed by atoms with Gasteiger partial charge in [0, 0.05) is 19.5 Å². The Hall–Kier alpha value is -1.56. The SMILES string of the molecule is O=C(CC1CCS(=O)(=O)C1)Nc1ccccc1N1CCCC1. The quantitative estimate of drug-likeness (QED) is 0.921. The molecule has 5 nitrogen and oxygen atoms in total. The number of sulfone groups is 1. The van der Waals surface area contributed by atoms with Gasteiger partial charge in [-0.1, -0.05) is 12.1 Å². The molecule has 1 aromatic rings. The predicted octanol–water partition coefficient (Wildman–Crippen LogP) is 2.05. The topological polar surface area (TPSA) is 66.5 Å². The summed E-state index contributed by atoms with van der Waals surface area (Å²) in [6.07, 6.45) is 3.25. The molecule has 0 saturated carbocycles. The van der Waals surface area contributed by atoms with E-state index in [0.29, 0.717) is 6.42 Å². The summed E-state index contributed by atoms with van der Waals surface area (Å²) < 4.78 is 22.9. The third-order valence-electron chi connectivity index (χ3n) is 4.43. The van der Waals surface area contributed by atoms with Crippen molar-refractivity contribution in [1.29, 1.82) is 0 Å². The molecule has 1 unspecified atom stereocenters. The average Bonchev–Trinajstić information content (AvgIpc) is 3.09. The zero-order valence-electron chi connectivity index (χ0n) is 12.6. The highest BCUT2D eigenvalue weighted by atomic mass is 32.2. The average molecular weight is 322 g/mol. The molecule has 0 aliphatic carbocycles. The standard InChI is InChI=1S/C16H22N2O3S/c19-16(11-13-7-10-22(20,21)12-13)17-14-5-1-2-6-15(14)18-8-3-4-9-18/h1-2,5-6,13H,3-4,7-12H2,(H,17,19). The van der Waals surface area contributed by atoms with E-state index in [1.807, 2.05) is 24.3 Å². The molecule has 6 heteroatoms. The zero-order chi connectivity index (χ0) is 15.6. The Balaban J connectivity index is 1.64. The Morgan fingerprint density at radius 2 is 1.95 bits per heavy atom. The first-order chi connectivity index (χ1) is 10.5. The van der Waals surface area contributed by atoms with Gasteiger partial charge < -0.3 is 10.2 Å². The van der Waals surface area contributed by atoms with E-state index in [4.69, 9.17) is 0 Å². The van der Waals surface area contributed by atoms with Gasteiger partial charge in [0.25, 0.3) is 0 Å². The van der Waals surface area contributed by atoms with Gasteiger partial charge in [-0.25, -0.2) is 8.42 Å². The Bertz CT molecular complexity index is 651. The van der Waals surface area contributed by atoms with Crippen molar-refractivity contribution in [3.05, 3.63) is 24.3 Å². The third kappa shape index (κ3) is 3.61. The summed E-state index contributed by atoms with van der Waals surface area (Å²) in [6.45, 7) is 2.04. The van der Waals surface area contributed by atoms with Crippen molar-refractivity contribution >= 4 is 27.1 Å². The number of nitrogens with one attached hydrogen (secondary N) is 1. The summed E-state index contributed by atoms with van der Waals surface area (Å²) >= 11 is 0. The molecule has 2 fully saturated rings. The van der Waals surface area contributed by atoms with Gasteiger partial charge in [0.15, 0.2) is 9.84 Å². The number of anilines is 2. The first kappa shape index (κ1) is 15.3. The first-order valence-electron chi connectivity index (χ1n) is 7.88. The number of hydrogen-bond acceptors (Lipinski definition) is 4. The number of para-hydroxylation sites is 2. The van der Waals surface area contributed by atoms with Crippen LogP contribution in [0, 0.1) is 5.92 Å². The van der Waals surface area contributed by atoms with Crippen molar-refractivity contribution in [3.8, 4) is 0 Å². The van der Waals surface area contributed by atoms with Crippen LogP contribution in [0.4, 0.5) is 11.4 Å². The molecule has 1 amide bonds. The van der Waals surface area contributed by atoms with E-state index in [1.54, 1.807) is 0 Å². The van der Waals surface area contributed by atoms with Crippen LogP contribution in [-0.4, -0.2) is 38.9 Å². The lowest BCUT2D eigenvalue weighted by molar-refractivity contribution is -0.116. The van der Waals surface area contributed by atoms with Gasteiger partial charge >= 0.3 is 0 Å². The molecule has 0 aromatic heterocycles. The summed E-state index contributed by atoms with van der Waals surface area (Å²) in [5.41, 5.74) is 1.89. The fraction of sp³-hybridized carbons (Fsp3) is 0.562. The molecule has 1 aromatic carbocycles. The molecule has 0 radical (unpaired) electrons. The highest BCUT2D eigenvalue weighted by molar-refractivity contribution is 7.91. The molecule has 22 heavy (non-hydrogen) atoms. The zero-order valence-corrected chi connectivity index (χ0v) is 13.4. The van der Waals surface area contributed by atoms with E-state index in [0.717, 1.165) is 24.5 Å². The van der Waals surface area contributed by atoms with E-state index in [9.17, 15) is 13.2 Å². The molecule has 0 bridgehead atoms. The van der Waals surface area contributed by atoms with Crippen molar-refractivity contribution < 1.29 is 13.2 Å². The maximum Gasteiger partial charge on any atom is 0.224 e. The molecule has 1 N–H and O–H groups in total. The number of hydrogen-bond donors (Lipinski definition) is 1. The van der Waals surface area contributed by atoms with Gasteiger partial charge in [0.05, 0.1) is 22.9 Å². The molecule has 1 atom stereocenters. The smallest absolute Gasteiger partial charge is 0.224 e. The van der Waals surface area contributed by atoms with E-state index in [2.05, 4.69) is 10.2 Å². The second kappa shape index (κ2) is 6.28. The number of benzene rings is 1. The van der Waals surface area contributed by atoms with E-state index < -0.39 is 9.84 Å². The molecule has 3 rings (SSSR count). The van der Waals surface area contributed by atoms with E-state index in [-0.39, 0.29) is 29.8 Å². The molecule has 120 valence electrons. The summed E-state index contributed by atoms with van der Waals surface area (Å²) in [5.74, 6) is 0.237. The molecular formula is C16H22N2O3S. The minimum Gasteiger partial charge on any atom is -0.370 e. The number of rotatable bonds is 4. The summed E-state index contributed by atoms with van der Waals surface area (Å²) in [6, 6.07) is 7.83. The second-order valence-electron chi connectivity index (χ2n) is 6.23. The molecular weight excluding hydrogens is 300 g/mol. The number of carbonyl (C=O) groups is 1. The summed E-state index contributed by atoms with van der Waals surface area (Å²) in [5, 5.41) is 2.97. The van der Waals surface area contributed by atoms with Crippen molar-refractivity contribution in [2.24, 2.45) is 5.92 Å². The van der Waals surface area contributed by atoms with Crippen molar-refractivity contribution in [1.82, 2.24) is 0 Å². The van der Waals surface area contributed by atoms with Crippen LogP contribution in [0.15, 0.2) is 24.3 Å². The van der Waals surface area contributed by atoms with Crippen LogP contribution in [-0.2, 0) is 14.6 Å². The molecule has 2 aliphatic heterocycles. The van der Waals surface area contributed by atoms with Gasteiger partial charge in [-0.2, -0.15) is 0 Å². The lowest BCUT2D eigenvalue weighted by atomic mass is 10.0. The highest BCUT2D eigenvalue weighted by Gasteiger charge is 2.29. The Morgan fingerprint density at radius 3 is 2.64 bits per heavy atom. The van der Waals surface area contributed by atoms with Crippen molar-refractivity contribution in [2.75, 3.05) is 34.8 Å². The van der Waals surface area contributed by atoms with Gasteiger partial charge in [0.1, 0.15) is 0 Å². The van der Waals surface area contributed by atoms with Crippen LogP contribution in [0.25, 0.3) is 0 Å². The van der Waals surface area contributed by atoms with Crippen LogP contribution in [0.3, 0.4) is 0 Å². The van der Waals surface area contributed by atoms with Gasteiger partial charge in [0.2, 0.25) is 5.91 Å². The Kier molecular flexibility index (Phi) is 4.38. The minimum absolute atomic E-state index is 0.0380. The second-order valence-corrected chi connectivity index (χ2v) is 8.46. The summed E-state index contributed by atoms with van der Waals surface area (Å²) in [7, 11) is -2.92. The van der Waals surface area contributed by atoms with Crippen LogP contribution in [0.2, 0.25) is 0 Å². The first-order valence-corrected chi connectivity index (χ1v) is 9.70. The van der Waals surface area contributed by atoms with E-state index >= 15 is 0 Å². The van der Waals surface area contributed by atoms with Crippen molar-refractivity contribution in [3.63, 3.8) is 0 Å². The lowest BCUT2D eigenvalue weighted by Crippen LogP contribution is -2.22. The predicted molar refractivity (Wildman–Crippen MR) is 87.9 cm³/mol. The van der Waals surface area contributed by atoms with E-state index in [1.165, 1.54) is 12.8 Å².